The normalized spacial score (nSPS) is 13.0. The molecular formula is C9H10Cl2FN. The van der Waals surface area contributed by atoms with Gasteiger partial charge >= 0.3 is 0 Å². The van der Waals surface area contributed by atoms with E-state index in [1.807, 2.05) is 6.92 Å². The lowest BCUT2D eigenvalue weighted by Crippen LogP contribution is -2.11. The van der Waals surface area contributed by atoms with E-state index in [1.165, 1.54) is 6.07 Å². The average Bonchev–Trinajstić information content (AvgIpc) is 2.12. The predicted octanol–water partition coefficient (Wildman–Crippen LogP) is 3.54. The summed E-state index contributed by atoms with van der Waals surface area (Å²) in [5, 5.41) is 0.388. The molecule has 0 aromatic heterocycles. The third-order valence-electron chi connectivity index (χ3n) is 1.89. The van der Waals surface area contributed by atoms with Crippen LogP contribution in [0.4, 0.5) is 4.39 Å². The van der Waals surface area contributed by atoms with Gasteiger partial charge in [-0.2, -0.15) is 0 Å². The van der Waals surface area contributed by atoms with Crippen LogP contribution >= 0.6 is 23.2 Å². The molecule has 4 heteroatoms. The monoisotopic (exact) mass is 221 g/mol. The zero-order chi connectivity index (χ0) is 10.0. The fourth-order valence-electron chi connectivity index (χ4n) is 1.09. The van der Waals surface area contributed by atoms with E-state index in [4.69, 9.17) is 28.9 Å². The molecule has 2 N–H and O–H groups in total. The standard InChI is InChI=1S/C9H10Cl2FN/c1-2-7(13)8-5(10)3-4-6(11)9(8)12/h3-4,7H,2,13H2,1H3/t7-/m0/s1. The molecule has 1 aromatic rings. The summed E-state index contributed by atoms with van der Waals surface area (Å²) in [5.41, 5.74) is 5.98. The van der Waals surface area contributed by atoms with Gasteiger partial charge in [-0.15, -0.1) is 0 Å². The Morgan fingerprint density at radius 3 is 2.46 bits per heavy atom. The highest BCUT2D eigenvalue weighted by molar-refractivity contribution is 6.33. The van der Waals surface area contributed by atoms with Gasteiger partial charge in [-0.1, -0.05) is 30.1 Å². The van der Waals surface area contributed by atoms with Gasteiger partial charge in [-0.05, 0) is 18.6 Å². The van der Waals surface area contributed by atoms with Gasteiger partial charge in [-0.25, -0.2) is 4.39 Å². The largest absolute Gasteiger partial charge is 0.324 e. The van der Waals surface area contributed by atoms with Crippen LogP contribution in [-0.4, -0.2) is 0 Å². The van der Waals surface area contributed by atoms with Crippen LogP contribution in [0.15, 0.2) is 12.1 Å². The van der Waals surface area contributed by atoms with Crippen molar-refractivity contribution in [2.45, 2.75) is 19.4 Å². The van der Waals surface area contributed by atoms with Gasteiger partial charge in [0, 0.05) is 16.6 Å². The van der Waals surface area contributed by atoms with E-state index in [0.717, 1.165) is 0 Å². The first-order valence-corrected chi connectivity index (χ1v) is 4.72. The SMILES string of the molecule is CC[C@H](N)c1c(Cl)ccc(Cl)c1F. The lowest BCUT2D eigenvalue weighted by atomic mass is 10.1. The Bertz CT molecular complexity index is 315. The zero-order valence-corrected chi connectivity index (χ0v) is 8.66. The van der Waals surface area contributed by atoms with Crippen molar-refractivity contribution in [1.82, 2.24) is 0 Å². The van der Waals surface area contributed by atoms with Crippen LogP contribution in [-0.2, 0) is 0 Å². The summed E-state index contributed by atoms with van der Waals surface area (Å²) < 4.78 is 13.4. The van der Waals surface area contributed by atoms with E-state index in [2.05, 4.69) is 0 Å². The Labute approximate surface area is 86.6 Å². The van der Waals surface area contributed by atoms with Gasteiger partial charge in [0.1, 0.15) is 5.82 Å². The third-order valence-corrected chi connectivity index (χ3v) is 2.51. The summed E-state index contributed by atoms with van der Waals surface area (Å²) in [4.78, 5) is 0. The van der Waals surface area contributed by atoms with Crippen molar-refractivity contribution in [2.24, 2.45) is 5.73 Å². The minimum Gasteiger partial charge on any atom is -0.324 e. The van der Waals surface area contributed by atoms with Gasteiger partial charge in [0.25, 0.3) is 0 Å². The molecular weight excluding hydrogens is 212 g/mol. The molecule has 13 heavy (non-hydrogen) atoms. The Morgan fingerprint density at radius 2 is 1.92 bits per heavy atom. The van der Waals surface area contributed by atoms with E-state index in [0.29, 0.717) is 17.0 Å². The van der Waals surface area contributed by atoms with Gasteiger partial charge in [0.15, 0.2) is 0 Å². The number of hydrogen-bond acceptors (Lipinski definition) is 1. The van der Waals surface area contributed by atoms with Crippen LogP contribution in [0.2, 0.25) is 10.0 Å². The molecule has 0 saturated heterocycles. The maximum absolute atomic E-state index is 13.4. The van der Waals surface area contributed by atoms with Gasteiger partial charge in [0.05, 0.1) is 5.02 Å². The maximum atomic E-state index is 13.4. The first-order valence-electron chi connectivity index (χ1n) is 3.96. The van der Waals surface area contributed by atoms with Crippen molar-refractivity contribution in [1.29, 1.82) is 0 Å². The van der Waals surface area contributed by atoms with Crippen molar-refractivity contribution >= 4 is 23.2 Å². The lowest BCUT2D eigenvalue weighted by molar-refractivity contribution is 0.576. The summed E-state index contributed by atoms with van der Waals surface area (Å²) >= 11 is 11.4. The second-order valence-corrected chi connectivity index (χ2v) is 3.59. The minimum absolute atomic E-state index is 0.0586. The molecule has 0 heterocycles. The van der Waals surface area contributed by atoms with Crippen molar-refractivity contribution in [3.63, 3.8) is 0 Å². The van der Waals surface area contributed by atoms with E-state index in [1.54, 1.807) is 6.07 Å². The molecule has 0 aliphatic rings. The Kier molecular flexibility index (Phi) is 3.54. The molecule has 72 valence electrons. The van der Waals surface area contributed by atoms with Crippen molar-refractivity contribution < 1.29 is 4.39 Å². The summed E-state index contributed by atoms with van der Waals surface area (Å²) in [6.45, 7) is 1.86. The second-order valence-electron chi connectivity index (χ2n) is 2.77. The van der Waals surface area contributed by atoms with E-state index in [-0.39, 0.29) is 5.02 Å². The number of halogens is 3. The summed E-state index contributed by atoms with van der Waals surface area (Å²) in [7, 11) is 0. The number of hydrogen-bond donors (Lipinski definition) is 1. The highest BCUT2D eigenvalue weighted by Gasteiger charge is 2.16. The van der Waals surface area contributed by atoms with E-state index in [9.17, 15) is 4.39 Å². The molecule has 0 amide bonds. The molecule has 0 fully saturated rings. The van der Waals surface area contributed by atoms with Crippen LogP contribution in [0.5, 0.6) is 0 Å². The van der Waals surface area contributed by atoms with Crippen LogP contribution in [0, 0.1) is 5.82 Å². The Morgan fingerprint density at radius 1 is 1.38 bits per heavy atom. The summed E-state index contributed by atoms with van der Waals surface area (Å²) in [6.07, 6.45) is 0.622. The summed E-state index contributed by atoms with van der Waals surface area (Å²) in [5.74, 6) is -0.511. The Hall–Kier alpha value is -0.310. The molecule has 0 spiro atoms. The molecule has 1 nitrogen and oxygen atoms in total. The molecule has 0 radical (unpaired) electrons. The first-order chi connectivity index (χ1) is 6.07. The van der Waals surface area contributed by atoms with Crippen LogP contribution in [0.25, 0.3) is 0 Å². The van der Waals surface area contributed by atoms with Gasteiger partial charge in [0.2, 0.25) is 0 Å². The van der Waals surface area contributed by atoms with E-state index >= 15 is 0 Å². The third kappa shape index (κ3) is 2.13. The fraction of sp³-hybridized carbons (Fsp3) is 0.333. The quantitative estimate of drug-likeness (QED) is 0.761. The number of benzene rings is 1. The number of nitrogens with two attached hydrogens (primary N) is 1. The number of rotatable bonds is 2. The van der Waals surface area contributed by atoms with Crippen LogP contribution in [0.3, 0.4) is 0 Å². The molecule has 0 aliphatic carbocycles. The zero-order valence-electron chi connectivity index (χ0n) is 7.15. The van der Waals surface area contributed by atoms with Crippen molar-refractivity contribution in [2.75, 3.05) is 0 Å². The second kappa shape index (κ2) is 4.27. The topological polar surface area (TPSA) is 26.0 Å². The Balaban J connectivity index is 3.25. The van der Waals surface area contributed by atoms with Crippen LogP contribution < -0.4 is 5.73 Å². The fourth-order valence-corrected chi connectivity index (χ4v) is 1.54. The molecule has 1 rings (SSSR count). The van der Waals surface area contributed by atoms with Crippen LogP contribution in [0.1, 0.15) is 24.9 Å². The minimum atomic E-state index is -0.511. The smallest absolute Gasteiger partial charge is 0.148 e. The maximum Gasteiger partial charge on any atom is 0.148 e. The van der Waals surface area contributed by atoms with Gasteiger partial charge < -0.3 is 5.73 Å². The van der Waals surface area contributed by atoms with Gasteiger partial charge in [-0.3, -0.25) is 0 Å². The highest BCUT2D eigenvalue weighted by Crippen LogP contribution is 2.30. The predicted molar refractivity (Wildman–Crippen MR) is 53.6 cm³/mol. The highest BCUT2D eigenvalue weighted by atomic mass is 35.5. The lowest BCUT2D eigenvalue weighted by Gasteiger charge is -2.12. The molecule has 0 saturated carbocycles. The van der Waals surface area contributed by atoms with Crippen molar-refractivity contribution in [3.05, 3.63) is 33.6 Å². The first kappa shape index (κ1) is 10.8. The molecule has 0 bridgehead atoms. The average molecular weight is 222 g/mol. The van der Waals surface area contributed by atoms with Crippen molar-refractivity contribution in [3.8, 4) is 0 Å². The summed E-state index contributed by atoms with van der Waals surface area (Å²) in [6, 6.07) is 2.58. The van der Waals surface area contributed by atoms with E-state index < -0.39 is 11.9 Å². The molecule has 1 atom stereocenters. The molecule has 0 unspecified atom stereocenters. The molecule has 0 aliphatic heterocycles. The molecule has 1 aromatic carbocycles.